The number of nitrogens with zero attached hydrogens (tertiary/aromatic N) is 5. The first-order chi connectivity index (χ1) is 10.6. The second-order valence-electron chi connectivity index (χ2n) is 5.52. The normalized spacial score (nSPS) is 11.5. The molecular formula is C17H20N5+. The van der Waals surface area contributed by atoms with E-state index in [2.05, 4.69) is 27.3 Å². The van der Waals surface area contributed by atoms with Crippen LogP contribution in [0.5, 0.6) is 0 Å². The van der Waals surface area contributed by atoms with Gasteiger partial charge in [0.15, 0.2) is 0 Å². The molecule has 3 aromatic rings. The summed E-state index contributed by atoms with van der Waals surface area (Å²) in [6.07, 6.45) is 0. The molecule has 0 amide bonds. The van der Waals surface area contributed by atoms with Gasteiger partial charge in [-0.25, -0.2) is 9.13 Å². The van der Waals surface area contributed by atoms with Gasteiger partial charge in [-0.15, -0.1) is 0 Å². The van der Waals surface area contributed by atoms with Crippen LogP contribution in [-0.4, -0.2) is 18.7 Å². The first kappa shape index (κ1) is 14.3. The van der Waals surface area contributed by atoms with Gasteiger partial charge < -0.3 is 4.90 Å². The molecule has 5 heteroatoms. The number of rotatable bonds is 3. The van der Waals surface area contributed by atoms with Crippen LogP contribution in [0.4, 0.5) is 17.3 Å². The topological polar surface area (TPSA) is 36.8 Å². The van der Waals surface area contributed by atoms with E-state index in [0.29, 0.717) is 0 Å². The van der Waals surface area contributed by atoms with Gasteiger partial charge in [0.2, 0.25) is 0 Å². The van der Waals surface area contributed by atoms with Crippen LogP contribution in [0.2, 0.25) is 0 Å². The van der Waals surface area contributed by atoms with Gasteiger partial charge in [-0.1, -0.05) is 17.2 Å². The Bertz CT molecular complexity index is 789. The minimum absolute atomic E-state index is 0.817. The van der Waals surface area contributed by atoms with E-state index >= 15 is 0 Å². The van der Waals surface area contributed by atoms with E-state index < -0.39 is 0 Å². The second kappa shape index (κ2) is 5.60. The third-order valence-electron chi connectivity index (χ3n) is 3.83. The number of hydrogen-bond acceptors (Lipinski definition) is 3. The predicted octanol–water partition coefficient (Wildman–Crippen LogP) is 3.48. The zero-order chi connectivity index (χ0) is 15.7. The van der Waals surface area contributed by atoms with Crippen molar-refractivity contribution in [2.75, 3.05) is 19.0 Å². The van der Waals surface area contributed by atoms with E-state index in [4.69, 9.17) is 0 Å². The number of aryl methyl sites for hydroxylation is 2. The van der Waals surface area contributed by atoms with Crippen molar-refractivity contribution >= 4 is 28.4 Å². The molecule has 1 heterocycles. The summed E-state index contributed by atoms with van der Waals surface area (Å²) in [6, 6.07) is 16.3. The lowest BCUT2D eigenvalue weighted by molar-refractivity contribution is -0.632. The van der Waals surface area contributed by atoms with Gasteiger partial charge in [0.1, 0.15) is 16.7 Å². The van der Waals surface area contributed by atoms with Gasteiger partial charge in [-0.2, -0.15) is 0 Å². The van der Waals surface area contributed by atoms with Crippen molar-refractivity contribution in [3.8, 4) is 0 Å². The summed E-state index contributed by atoms with van der Waals surface area (Å²) in [5.74, 6) is 0.817. The van der Waals surface area contributed by atoms with Crippen LogP contribution < -0.4 is 9.47 Å². The number of hydrogen-bond donors (Lipinski definition) is 0. The Hall–Kier alpha value is -2.69. The molecule has 0 radical (unpaired) electrons. The van der Waals surface area contributed by atoms with Crippen LogP contribution in [0.1, 0.15) is 0 Å². The predicted molar refractivity (Wildman–Crippen MR) is 89.0 cm³/mol. The largest absolute Gasteiger partial charge is 0.422 e. The summed E-state index contributed by atoms with van der Waals surface area (Å²) in [6.45, 7) is 0. The van der Waals surface area contributed by atoms with Gasteiger partial charge in [0, 0.05) is 24.9 Å². The number of fused-ring (bicyclic) bond motifs is 1. The Morgan fingerprint density at radius 2 is 1.64 bits per heavy atom. The zero-order valence-corrected chi connectivity index (χ0v) is 13.4. The third-order valence-corrected chi connectivity index (χ3v) is 3.83. The highest BCUT2D eigenvalue weighted by Gasteiger charge is 2.18. The maximum Gasteiger partial charge on any atom is 0.422 e. The van der Waals surface area contributed by atoms with Crippen molar-refractivity contribution in [3.05, 3.63) is 48.5 Å². The highest BCUT2D eigenvalue weighted by Crippen LogP contribution is 2.22. The van der Waals surface area contributed by atoms with Crippen LogP contribution in [0.15, 0.2) is 58.8 Å². The van der Waals surface area contributed by atoms with Gasteiger partial charge in [0.25, 0.3) is 0 Å². The van der Waals surface area contributed by atoms with E-state index in [1.807, 2.05) is 73.7 Å². The molecule has 1 aromatic heterocycles. The highest BCUT2D eigenvalue weighted by molar-refractivity contribution is 5.73. The van der Waals surface area contributed by atoms with Crippen LogP contribution in [0, 0.1) is 0 Å². The molecule has 3 rings (SSSR count). The molecule has 0 unspecified atom stereocenters. The van der Waals surface area contributed by atoms with E-state index in [-0.39, 0.29) is 0 Å². The Morgan fingerprint density at radius 1 is 0.955 bits per heavy atom. The lowest BCUT2D eigenvalue weighted by Crippen LogP contribution is -2.26. The molecule has 112 valence electrons. The average Bonchev–Trinajstić information content (AvgIpc) is 2.78. The van der Waals surface area contributed by atoms with Gasteiger partial charge in [-0.3, -0.25) is 0 Å². The molecule has 0 spiro atoms. The first-order valence-electron chi connectivity index (χ1n) is 7.20. The lowest BCUT2D eigenvalue weighted by Gasteiger charge is -2.11. The molecule has 2 aromatic carbocycles. The molecule has 5 nitrogen and oxygen atoms in total. The number of imidazole rings is 1. The quantitative estimate of drug-likeness (QED) is 0.538. The van der Waals surface area contributed by atoms with Crippen molar-refractivity contribution in [1.29, 1.82) is 0 Å². The number of benzene rings is 2. The summed E-state index contributed by atoms with van der Waals surface area (Å²) in [4.78, 5) is 2.06. The van der Waals surface area contributed by atoms with Crippen LogP contribution >= 0.6 is 0 Å². The lowest BCUT2D eigenvalue weighted by atomic mass is 10.3. The molecule has 0 fully saturated rings. The van der Waals surface area contributed by atoms with Crippen LogP contribution in [-0.2, 0) is 14.1 Å². The maximum atomic E-state index is 4.42. The van der Waals surface area contributed by atoms with E-state index in [0.717, 1.165) is 28.4 Å². The standard InChI is InChI=1S/C17H20N5/c1-20(2)14-11-9-13(10-12-14)18-19-17-21(3)15-7-5-6-8-16(15)22(17)4/h5-12H,1-4H3/q+1. The summed E-state index contributed by atoms with van der Waals surface area (Å²) < 4.78 is 4.10. The van der Waals surface area contributed by atoms with Gasteiger partial charge in [-0.05, 0) is 36.4 Å². The fourth-order valence-electron chi connectivity index (χ4n) is 2.53. The molecular weight excluding hydrogens is 274 g/mol. The molecule has 0 aliphatic heterocycles. The Kier molecular flexibility index (Phi) is 3.63. The minimum Gasteiger partial charge on any atom is -0.378 e. The summed E-state index contributed by atoms with van der Waals surface area (Å²) in [5, 5.41) is 8.78. The summed E-state index contributed by atoms with van der Waals surface area (Å²) in [7, 11) is 8.05. The Morgan fingerprint density at radius 3 is 2.27 bits per heavy atom. The number of azo groups is 1. The van der Waals surface area contributed by atoms with Gasteiger partial charge in [0.05, 0.1) is 14.1 Å². The molecule has 0 atom stereocenters. The van der Waals surface area contributed by atoms with E-state index in [1.54, 1.807) is 0 Å². The van der Waals surface area contributed by atoms with Crippen LogP contribution in [0.3, 0.4) is 0 Å². The molecule has 0 saturated carbocycles. The molecule has 0 N–H and O–H groups in total. The SMILES string of the molecule is CN(C)c1ccc(N=Nc2n(C)c3ccccc3[n+]2C)cc1. The monoisotopic (exact) mass is 294 g/mol. The van der Waals surface area contributed by atoms with E-state index in [1.165, 1.54) is 0 Å². The summed E-state index contributed by atoms with van der Waals surface area (Å²) >= 11 is 0. The smallest absolute Gasteiger partial charge is 0.378 e. The van der Waals surface area contributed by atoms with Crippen molar-refractivity contribution in [3.63, 3.8) is 0 Å². The number of anilines is 1. The average molecular weight is 294 g/mol. The van der Waals surface area contributed by atoms with Crippen molar-refractivity contribution in [2.24, 2.45) is 24.3 Å². The first-order valence-corrected chi connectivity index (χ1v) is 7.20. The highest BCUT2D eigenvalue weighted by atomic mass is 15.3. The van der Waals surface area contributed by atoms with Gasteiger partial charge >= 0.3 is 5.95 Å². The third kappa shape index (κ3) is 2.45. The maximum absolute atomic E-state index is 4.42. The van der Waals surface area contributed by atoms with Crippen LogP contribution in [0.25, 0.3) is 11.0 Å². The Labute approximate surface area is 130 Å². The number of para-hydroxylation sites is 2. The molecule has 0 aliphatic carbocycles. The second-order valence-corrected chi connectivity index (χ2v) is 5.52. The Balaban J connectivity index is 1.95. The molecule has 0 aliphatic rings. The fraction of sp³-hybridized carbons (Fsp3) is 0.235. The number of aromatic nitrogens is 2. The molecule has 22 heavy (non-hydrogen) atoms. The summed E-state index contributed by atoms with van der Waals surface area (Å²) in [5.41, 5.74) is 4.27. The van der Waals surface area contributed by atoms with Crippen molar-refractivity contribution in [2.45, 2.75) is 0 Å². The molecule has 0 saturated heterocycles. The zero-order valence-electron chi connectivity index (χ0n) is 13.4. The van der Waals surface area contributed by atoms with Crippen molar-refractivity contribution in [1.82, 2.24) is 4.57 Å². The minimum atomic E-state index is 0.817. The fourth-order valence-corrected chi connectivity index (χ4v) is 2.53. The van der Waals surface area contributed by atoms with E-state index in [9.17, 15) is 0 Å². The van der Waals surface area contributed by atoms with Crippen molar-refractivity contribution < 1.29 is 4.57 Å². The molecule has 0 bridgehead atoms.